The van der Waals surface area contributed by atoms with Crippen molar-refractivity contribution in [1.29, 1.82) is 0 Å². The summed E-state index contributed by atoms with van der Waals surface area (Å²) in [5.74, 6) is 0. The normalized spacial score (nSPS) is 11.6. The Morgan fingerprint density at radius 1 is 1.41 bits per heavy atom. The van der Waals surface area contributed by atoms with E-state index in [4.69, 9.17) is 10.5 Å². The molecule has 6 heteroatoms. The number of anilines is 1. The maximum absolute atomic E-state index is 11.9. The number of ether oxygens (including phenoxy) is 1. The molecule has 0 saturated heterocycles. The fourth-order valence-electron chi connectivity index (χ4n) is 1.29. The number of nitrogens with two attached hydrogens (primary N) is 1. The van der Waals surface area contributed by atoms with E-state index in [1.165, 1.54) is 6.07 Å². The first-order valence-corrected chi connectivity index (χ1v) is 6.89. The van der Waals surface area contributed by atoms with Gasteiger partial charge in [-0.25, -0.2) is 13.1 Å². The maximum Gasteiger partial charge on any atom is 0.240 e. The molecule has 0 aliphatic heterocycles. The minimum absolute atomic E-state index is 0.223. The molecule has 17 heavy (non-hydrogen) atoms. The fraction of sp³-hybridized carbons (Fsp3) is 0.455. The minimum atomic E-state index is -3.47. The lowest BCUT2D eigenvalue weighted by atomic mass is 10.2. The number of nitrogens with one attached hydrogen (secondary N) is 1. The zero-order chi connectivity index (χ0) is 12.9. The van der Waals surface area contributed by atoms with Gasteiger partial charge in [-0.2, -0.15) is 0 Å². The largest absolute Gasteiger partial charge is 0.399 e. The Bertz CT molecular complexity index is 472. The first kappa shape index (κ1) is 14.0. The van der Waals surface area contributed by atoms with Crippen LogP contribution in [0, 0.1) is 6.92 Å². The summed E-state index contributed by atoms with van der Waals surface area (Å²) < 4.78 is 31.2. The molecule has 96 valence electrons. The molecule has 0 bridgehead atoms. The second kappa shape index (κ2) is 6.00. The quantitative estimate of drug-likeness (QED) is 0.586. The highest BCUT2D eigenvalue weighted by Gasteiger charge is 2.13. The van der Waals surface area contributed by atoms with Crippen LogP contribution in [-0.2, 0) is 14.8 Å². The summed E-state index contributed by atoms with van der Waals surface area (Å²) in [5.41, 5.74) is 6.97. The third-order valence-electron chi connectivity index (χ3n) is 2.29. The molecule has 1 aromatic carbocycles. The molecule has 0 aliphatic carbocycles. The second-order valence-corrected chi connectivity index (χ2v) is 5.38. The highest BCUT2D eigenvalue weighted by atomic mass is 32.2. The summed E-state index contributed by atoms with van der Waals surface area (Å²) in [4.78, 5) is 0.223. The van der Waals surface area contributed by atoms with Gasteiger partial charge in [-0.3, -0.25) is 0 Å². The van der Waals surface area contributed by atoms with Gasteiger partial charge in [0.15, 0.2) is 0 Å². The van der Waals surface area contributed by atoms with Crippen LogP contribution in [0.5, 0.6) is 0 Å². The molecule has 0 fully saturated rings. The molecule has 0 radical (unpaired) electrons. The molecule has 0 unspecified atom stereocenters. The van der Waals surface area contributed by atoms with Gasteiger partial charge in [0.25, 0.3) is 0 Å². The van der Waals surface area contributed by atoms with Gasteiger partial charge in [-0.05, 0) is 37.6 Å². The lowest BCUT2D eigenvalue weighted by Gasteiger charge is -2.08. The van der Waals surface area contributed by atoms with Gasteiger partial charge in [0.05, 0.1) is 11.5 Å². The van der Waals surface area contributed by atoms with Crippen LogP contribution in [-0.4, -0.2) is 28.2 Å². The molecule has 1 rings (SSSR count). The predicted octanol–water partition coefficient (Wildman–Crippen LogP) is 0.892. The monoisotopic (exact) mass is 258 g/mol. The number of hydrogen-bond donors (Lipinski definition) is 2. The number of nitrogen functional groups attached to an aromatic ring is 1. The van der Waals surface area contributed by atoms with Crippen LogP contribution in [0.25, 0.3) is 0 Å². The Morgan fingerprint density at radius 3 is 2.71 bits per heavy atom. The van der Waals surface area contributed by atoms with Crippen LogP contribution in [0.3, 0.4) is 0 Å². The molecule has 0 saturated carbocycles. The number of benzene rings is 1. The van der Waals surface area contributed by atoms with Gasteiger partial charge >= 0.3 is 0 Å². The lowest BCUT2D eigenvalue weighted by molar-refractivity contribution is 0.153. The Hall–Kier alpha value is -1.11. The first-order valence-electron chi connectivity index (χ1n) is 5.41. The van der Waals surface area contributed by atoms with Crippen molar-refractivity contribution in [3.8, 4) is 0 Å². The molecular weight excluding hydrogens is 240 g/mol. The SMILES string of the molecule is CCOCCNS(=O)(=O)c1ccc(N)c(C)c1. The van der Waals surface area contributed by atoms with Gasteiger partial charge in [-0.15, -0.1) is 0 Å². The Kier molecular flexibility index (Phi) is 4.92. The molecule has 0 amide bonds. The Labute approximate surface area is 102 Å². The van der Waals surface area contributed by atoms with Crippen molar-refractivity contribution in [2.75, 3.05) is 25.5 Å². The van der Waals surface area contributed by atoms with Crippen LogP contribution in [0.15, 0.2) is 23.1 Å². The van der Waals surface area contributed by atoms with Crippen LogP contribution in [0.4, 0.5) is 5.69 Å². The standard InChI is InChI=1S/C11H18N2O3S/c1-3-16-7-6-13-17(14,15)10-4-5-11(12)9(2)8-10/h4-5,8,13H,3,6-7,12H2,1-2H3. The van der Waals surface area contributed by atoms with Crippen LogP contribution in [0.2, 0.25) is 0 Å². The molecule has 3 N–H and O–H groups in total. The summed E-state index contributed by atoms with van der Waals surface area (Å²) in [6, 6.07) is 4.64. The van der Waals surface area contributed by atoms with E-state index in [1.54, 1.807) is 19.1 Å². The van der Waals surface area contributed by atoms with E-state index < -0.39 is 10.0 Å². The molecule has 0 heterocycles. The topological polar surface area (TPSA) is 81.4 Å². The van der Waals surface area contributed by atoms with E-state index in [0.717, 1.165) is 5.56 Å². The summed E-state index contributed by atoms with van der Waals surface area (Å²) >= 11 is 0. The lowest BCUT2D eigenvalue weighted by Crippen LogP contribution is -2.27. The number of sulfonamides is 1. The van der Waals surface area contributed by atoms with E-state index >= 15 is 0 Å². The van der Waals surface area contributed by atoms with Crippen molar-refractivity contribution >= 4 is 15.7 Å². The molecular formula is C11H18N2O3S. The molecule has 0 atom stereocenters. The number of rotatable bonds is 6. The number of aryl methyl sites for hydroxylation is 1. The van der Waals surface area contributed by atoms with E-state index in [2.05, 4.69) is 4.72 Å². The van der Waals surface area contributed by atoms with Crippen LogP contribution in [0.1, 0.15) is 12.5 Å². The fourth-order valence-corrected chi connectivity index (χ4v) is 2.39. The second-order valence-electron chi connectivity index (χ2n) is 3.61. The molecule has 0 aliphatic rings. The zero-order valence-corrected chi connectivity index (χ0v) is 10.9. The average molecular weight is 258 g/mol. The summed E-state index contributed by atoms with van der Waals surface area (Å²) in [5, 5.41) is 0. The van der Waals surface area contributed by atoms with Crippen molar-refractivity contribution in [1.82, 2.24) is 4.72 Å². The zero-order valence-electron chi connectivity index (χ0n) is 10.1. The average Bonchev–Trinajstić information content (AvgIpc) is 2.28. The van der Waals surface area contributed by atoms with Gasteiger partial charge in [0.1, 0.15) is 0 Å². The molecule has 5 nitrogen and oxygen atoms in total. The van der Waals surface area contributed by atoms with Crippen LogP contribution >= 0.6 is 0 Å². The summed E-state index contributed by atoms with van der Waals surface area (Å²) in [7, 11) is -3.47. The van der Waals surface area contributed by atoms with Crippen molar-refractivity contribution in [2.24, 2.45) is 0 Å². The van der Waals surface area contributed by atoms with Crippen molar-refractivity contribution in [3.05, 3.63) is 23.8 Å². The van der Waals surface area contributed by atoms with Gasteiger partial charge in [0.2, 0.25) is 10.0 Å². The van der Waals surface area contributed by atoms with Crippen molar-refractivity contribution in [3.63, 3.8) is 0 Å². The maximum atomic E-state index is 11.9. The summed E-state index contributed by atoms with van der Waals surface area (Å²) in [6.07, 6.45) is 0. The van der Waals surface area contributed by atoms with Gasteiger partial charge < -0.3 is 10.5 Å². The highest BCUT2D eigenvalue weighted by Crippen LogP contribution is 2.16. The van der Waals surface area contributed by atoms with E-state index in [-0.39, 0.29) is 11.4 Å². The number of hydrogen-bond acceptors (Lipinski definition) is 4. The molecule has 0 spiro atoms. The molecule has 0 aromatic heterocycles. The third kappa shape index (κ3) is 3.99. The van der Waals surface area contributed by atoms with E-state index in [0.29, 0.717) is 18.9 Å². The first-order chi connectivity index (χ1) is 7.97. The van der Waals surface area contributed by atoms with Crippen molar-refractivity contribution < 1.29 is 13.2 Å². The Morgan fingerprint density at radius 2 is 2.12 bits per heavy atom. The van der Waals surface area contributed by atoms with Gasteiger partial charge in [-0.1, -0.05) is 0 Å². The smallest absolute Gasteiger partial charge is 0.240 e. The highest BCUT2D eigenvalue weighted by molar-refractivity contribution is 7.89. The Balaban J connectivity index is 2.72. The van der Waals surface area contributed by atoms with Crippen LogP contribution < -0.4 is 10.5 Å². The van der Waals surface area contributed by atoms with Crippen molar-refractivity contribution in [2.45, 2.75) is 18.7 Å². The van der Waals surface area contributed by atoms with E-state index in [1.807, 2.05) is 6.92 Å². The summed E-state index contributed by atoms with van der Waals surface area (Å²) in [6.45, 7) is 4.83. The third-order valence-corrected chi connectivity index (χ3v) is 3.75. The predicted molar refractivity (Wildman–Crippen MR) is 67.3 cm³/mol. The minimum Gasteiger partial charge on any atom is -0.399 e. The molecule has 1 aromatic rings. The van der Waals surface area contributed by atoms with E-state index in [9.17, 15) is 8.42 Å². The van der Waals surface area contributed by atoms with Gasteiger partial charge in [0, 0.05) is 18.8 Å².